The quantitative estimate of drug-likeness (QED) is 0.388. The Hall–Kier alpha value is -0.910. The number of amidine groups is 1. The van der Waals surface area contributed by atoms with Gasteiger partial charge in [0.25, 0.3) is 0 Å². The predicted octanol–water partition coefficient (Wildman–Crippen LogP) is 2.85. The maximum absolute atomic E-state index is 8.63. The van der Waals surface area contributed by atoms with Gasteiger partial charge in [0, 0.05) is 28.2 Å². The monoisotopic (exact) mass is 300 g/mol. The second kappa shape index (κ2) is 6.50. The number of hydrogen-bond donors (Lipinski definition) is 2. The summed E-state index contributed by atoms with van der Waals surface area (Å²) in [7, 11) is 0. The second-order valence-corrected chi connectivity index (χ2v) is 6.14. The van der Waals surface area contributed by atoms with Crippen molar-refractivity contribution < 1.29 is 9.94 Å². The van der Waals surface area contributed by atoms with Crippen LogP contribution in [-0.2, 0) is 10.5 Å². The largest absolute Gasteiger partial charge is 0.409 e. The van der Waals surface area contributed by atoms with Crippen LogP contribution in [0.4, 0.5) is 0 Å². The third kappa shape index (κ3) is 3.55. The molecule has 1 aromatic carbocycles. The second-order valence-electron chi connectivity index (χ2n) is 4.51. The average molecular weight is 301 g/mol. The van der Waals surface area contributed by atoms with Crippen LogP contribution in [0, 0.1) is 0 Å². The molecule has 0 aliphatic carbocycles. The predicted molar refractivity (Wildman–Crippen MR) is 79.1 cm³/mol. The number of oxime groups is 1. The van der Waals surface area contributed by atoms with Gasteiger partial charge in [0.15, 0.2) is 5.84 Å². The highest BCUT2D eigenvalue weighted by Crippen LogP contribution is 2.31. The molecule has 104 valence electrons. The van der Waals surface area contributed by atoms with E-state index in [0.717, 1.165) is 24.3 Å². The zero-order valence-electron chi connectivity index (χ0n) is 10.7. The summed E-state index contributed by atoms with van der Waals surface area (Å²) < 4.78 is 5.54. The Morgan fingerprint density at radius 3 is 3.00 bits per heavy atom. The number of nitrogens with two attached hydrogens (primary N) is 1. The number of thioether (sulfide) groups is 1. The molecule has 1 aliphatic heterocycles. The fourth-order valence-electron chi connectivity index (χ4n) is 2.01. The van der Waals surface area contributed by atoms with Crippen LogP contribution in [0.1, 0.15) is 24.5 Å². The molecule has 1 heterocycles. The van der Waals surface area contributed by atoms with E-state index in [0.29, 0.717) is 21.9 Å². The summed E-state index contributed by atoms with van der Waals surface area (Å²) in [6.45, 7) is 2.95. The van der Waals surface area contributed by atoms with Gasteiger partial charge in [-0.05, 0) is 25.0 Å². The van der Waals surface area contributed by atoms with Gasteiger partial charge in [-0.25, -0.2) is 0 Å². The first-order valence-corrected chi connectivity index (χ1v) is 7.54. The fraction of sp³-hybridized carbons (Fsp3) is 0.462. The summed E-state index contributed by atoms with van der Waals surface area (Å²) in [5.41, 5.74) is 7.20. The van der Waals surface area contributed by atoms with E-state index in [1.807, 2.05) is 23.9 Å². The molecule has 1 saturated heterocycles. The van der Waals surface area contributed by atoms with Gasteiger partial charge in [-0.1, -0.05) is 28.9 Å². The Morgan fingerprint density at radius 1 is 1.63 bits per heavy atom. The van der Waals surface area contributed by atoms with Gasteiger partial charge >= 0.3 is 0 Å². The van der Waals surface area contributed by atoms with Crippen molar-refractivity contribution in [3.05, 3.63) is 34.3 Å². The van der Waals surface area contributed by atoms with Crippen molar-refractivity contribution in [3.63, 3.8) is 0 Å². The molecule has 0 aromatic heterocycles. The molecule has 0 spiro atoms. The van der Waals surface area contributed by atoms with E-state index in [1.54, 1.807) is 6.07 Å². The summed E-state index contributed by atoms with van der Waals surface area (Å²) in [5, 5.41) is 12.8. The van der Waals surface area contributed by atoms with E-state index < -0.39 is 0 Å². The molecule has 0 radical (unpaired) electrons. The van der Waals surface area contributed by atoms with E-state index in [1.165, 1.54) is 0 Å². The Bertz CT molecular complexity index is 482. The third-order valence-electron chi connectivity index (χ3n) is 3.22. The first-order valence-electron chi connectivity index (χ1n) is 6.11. The van der Waals surface area contributed by atoms with E-state index >= 15 is 0 Å². The molecule has 2 unspecified atom stereocenters. The maximum atomic E-state index is 8.63. The molecule has 6 heteroatoms. The smallest absolute Gasteiger partial charge is 0.170 e. The van der Waals surface area contributed by atoms with Crippen molar-refractivity contribution in [2.45, 2.75) is 30.5 Å². The van der Waals surface area contributed by atoms with Crippen LogP contribution < -0.4 is 5.73 Å². The van der Waals surface area contributed by atoms with E-state index in [9.17, 15) is 0 Å². The maximum Gasteiger partial charge on any atom is 0.170 e. The molecule has 2 atom stereocenters. The lowest BCUT2D eigenvalue weighted by molar-refractivity contribution is 0.127. The van der Waals surface area contributed by atoms with Crippen LogP contribution >= 0.6 is 23.4 Å². The number of ether oxygens (including phenoxy) is 1. The Labute approximate surface area is 122 Å². The molecular formula is C13H17ClN2O2S. The summed E-state index contributed by atoms with van der Waals surface area (Å²) in [4.78, 5) is 0. The SMILES string of the molecule is CC1OCCC1SCc1ccc(/C(N)=N/O)cc1Cl. The van der Waals surface area contributed by atoms with Crippen molar-refractivity contribution in [3.8, 4) is 0 Å². The van der Waals surface area contributed by atoms with Gasteiger partial charge < -0.3 is 15.7 Å². The molecule has 0 saturated carbocycles. The highest BCUT2D eigenvalue weighted by atomic mass is 35.5. The lowest BCUT2D eigenvalue weighted by Gasteiger charge is -2.14. The molecule has 1 aliphatic rings. The number of halogens is 1. The lowest BCUT2D eigenvalue weighted by atomic mass is 10.1. The Balaban J connectivity index is 2.01. The number of hydrogen-bond acceptors (Lipinski definition) is 4. The molecule has 3 N–H and O–H groups in total. The minimum absolute atomic E-state index is 0.0684. The third-order valence-corrected chi connectivity index (χ3v) is 5.09. The van der Waals surface area contributed by atoms with Crippen LogP contribution in [-0.4, -0.2) is 29.0 Å². The average Bonchev–Trinajstić information content (AvgIpc) is 2.82. The standard InChI is InChI=1S/C13H17ClN2O2S/c1-8-12(4-5-18-8)19-7-10-3-2-9(6-11(10)14)13(15)16-17/h2-3,6,8,12,17H,4-5,7H2,1H3,(H2,15,16). The van der Waals surface area contributed by atoms with Gasteiger partial charge in [-0.2, -0.15) is 11.8 Å². The summed E-state index contributed by atoms with van der Waals surface area (Å²) in [6, 6.07) is 5.45. The summed E-state index contributed by atoms with van der Waals surface area (Å²) in [5.74, 6) is 0.909. The molecule has 1 aromatic rings. The number of rotatable bonds is 4. The van der Waals surface area contributed by atoms with Gasteiger partial charge in [-0.3, -0.25) is 0 Å². The molecule has 0 amide bonds. The Morgan fingerprint density at radius 2 is 2.42 bits per heavy atom. The summed E-state index contributed by atoms with van der Waals surface area (Å²) in [6.07, 6.45) is 1.39. The molecule has 0 bridgehead atoms. The van der Waals surface area contributed by atoms with E-state index in [4.69, 9.17) is 27.3 Å². The minimum atomic E-state index is 0.0684. The molecule has 2 rings (SSSR count). The van der Waals surface area contributed by atoms with Crippen LogP contribution in [0.5, 0.6) is 0 Å². The lowest BCUT2D eigenvalue weighted by Crippen LogP contribution is -2.14. The fourth-order valence-corrected chi connectivity index (χ4v) is 3.59. The van der Waals surface area contributed by atoms with Crippen molar-refractivity contribution in [2.24, 2.45) is 10.9 Å². The van der Waals surface area contributed by atoms with Crippen molar-refractivity contribution in [1.29, 1.82) is 0 Å². The van der Waals surface area contributed by atoms with Gasteiger partial charge in [0.05, 0.1) is 6.10 Å². The van der Waals surface area contributed by atoms with E-state index in [2.05, 4.69) is 12.1 Å². The summed E-state index contributed by atoms with van der Waals surface area (Å²) >= 11 is 8.07. The molecule has 1 fully saturated rings. The highest BCUT2D eigenvalue weighted by molar-refractivity contribution is 7.99. The van der Waals surface area contributed by atoms with E-state index in [-0.39, 0.29) is 5.84 Å². The van der Waals surface area contributed by atoms with Crippen LogP contribution in [0.25, 0.3) is 0 Å². The van der Waals surface area contributed by atoms with Crippen LogP contribution in [0.2, 0.25) is 5.02 Å². The van der Waals surface area contributed by atoms with Crippen LogP contribution in [0.3, 0.4) is 0 Å². The van der Waals surface area contributed by atoms with Crippen molar-refractivity contribution in [1.82, 2.24) is 0 Å². The number of nitrogens with zero attached hydrogens (tertiary/aromatic N) is 1. The van der Waals surface area contributed by atoms with Gasteiger partial charge in [0.2, 0.25) is 0 Å². The first kappa shape index (κ1) is 14.5. The zero-order valence-corrected chi connectivity index (χ0v) is 12.2. The van der Waals surface area contributed by atoms with Gasteiger partial charge in [-0.15, -0.1) is 0 Å². The highest BCUT2D eigenvalue weighted by Gasteiger charge is 2.24. The van der Waals surface area contributed by atoms with Crippen molar-refractivity contribution in [2.75, 3.05) is 6.61 Å². The first-order chi connectivity index (χ1) is 9.11. The Kier molecular flexibility index (Phi) is 4.96. The topological polar surface area (TPSA) is 67.8 Å². The molecular weight excluding hydrogens is 284 g/mol. The van der Waals surface area contributed by atoms with Crippen LogP contribution in [0.15, 0.2) is 23.4 Å². The molecule has 19 heavy (non-hydrogen) atoms. The van der Waals surface area contributed by atoms with Gasteiger partial charge in [0.1, 0.15) is 0 Å². The minimum Gasteiger partial charge on any atom is -0.409 e. The van der Waals surface area contributed by atoms with Crippen molar-refractivity contribution >= 4 is 29.2 Å². The normalized spacial score (nSPS) is 23.8. The zero-order chi connectivity index (χ0) is 13.8. The molecule has 4 nitrogen and oxygen atoms in total. The number of benzene rings is 1.